The molecule has 1 aromatic rings. The Morgan fingerprint density at radius 3 is 2.43 bits per heavy atom. The van der Waals surface area contributed by atoms with Crippen LogP contribution in [0.2, 0.25) is 5.02 Å². The molecule has 0 bridgehead atoms. The van der Waals surface area contributed by atoms with Crippen LogP contribution < -0.4 is 5.46 Å². The summed E-state index contributed by atoms with van der Waals surface area (Å²) >= 11 is 5.58. The van der Waals surface area contributed by atoms with Crippen LogP contribution in [0.25, 0.3) is 0 Å². The van der Waals surface area contributed by atoms with Gasteiger partial charge in [-0.2, -0.15) is 0 Å². The number of hydrogen-bond acceptors (Lipinski definition) is 4. The van der Waals surface area contributed by atoms with E-state index in [-0.39, 0.29) is 21.8 Å². The molecule has 0 saturated carbocycles. The van der Waals surface area contributed by atoms with Crippen molar-refractivity contribution in [1.82, 2.24) is 0 Å². The van der Waals surface area contributed by atoms with Crippen molar-refractivity contribution in [3.05, 3.63) is 22.7 Å². The molecule has 0 heterocycles. The summed E-state index contributed by atoms with van der Waals surface area (Å²) in [5.41, 5.74) is 0.0404. The average molecular weight is 214 g/mol. The monoisotopic (exact) mass is 214 g/mol. The van der Waals surface area contributed by atoms with Crippen molar-refractivity contribution >= 4 is 30.0 Å². The van der Waals surface area contributed by atoms with Gasteiger partial charge in [-0.3, -0.25) is 4.79 Å². The molecular weight excluding hydrogens is 206 g/mol. The third-order valence-electron chi connectivity index (χ3n) is 1.76. The highest BCUT2D eigenvalue weighted by atomic mass is 35.5. The van der Waals surface area contributed by atoms with E-state index in [1.165, 1.54) is 19.1 Å². The lowest BCUT2D eigenvalue weighted by Crippen LogP contribution is -2.30. The van der Waals surface area contributed by atoms with Gasteiger partial charge in [0.2, 0.25) is 0 Å². The minimum absolute atomic E-state index is 0.0272. The highest BCUT2D eigenvalue weighted by Crippen LogP contribution is 2.26. The van der Waals surface area contributed by atoms with Crippen molar-refractivity contribution in [3.8, 4) is 5.75 Å². The molecule has 74 valence electrons. The van der Waals surface area contributed by atoms with Crippen LogP contribution in [-0.2, 0) is 0 Å². The molecule has 0 radical (unpaired) electrons. The van der Waals surface area contributed by atoms with Crippen LogP contribution in [-0.4, -0.2) is 28.1 Å². The molecule has 1 rings (SSSR count). The Kier molecular flexibility index (Phi) is 3.15. The molecule has 0 aromatic heterocycles. The molecule has 0 amide bonds. The van der Waals surface area contributed by atoms with Crippen LogP contribution in [0, 0.1) is 0 Å². The predicted octanol–water partition coefficient (Wildman–Crippen LogP) is -0.0720. The molecule has 0 saturated heterocycles. The van der Waals surface area contributed by atoms with E-state index < -0.39 is 12.9 Å². The molecule has 6 heteroatoms. The Morgan fingerprint density at radius 1 is 1.43 bits per heavy atom. The number of carbonyl (C=O) groups excluding carboxylic acids is 1. The highest BCUT2D eigenvalue weighted by Gasteiger charge is 2.18. The largest absolute Gasteiger partial charge is 0.506 e. The van der Waals surface area contributed by atoms with Crippen LogP contribution in [0.5, 0.6) is 5.75 Å². The third kappa shape index (κ3) is 2.06. The summed E-state index contributed by atoms with van der Waals surface area (Å²) in [5.74, 6) is -0.740. The normalized spacial score (nSPS) is 10.0. The lowest BCUT2D eigenvalue weighted by molar-refractivity contribution is 0.101. The van der Waals surface area contributed by atoms with Crippen molar-refractivity contribution in [2.75, 3.05) is 0 Å². The lowest BCUT2D eigenvalue weighted by atomic mass is 9.79. The number of halogens is 1. The molecule has 0 aliphatic rings. The summed E-state index contributed by atoms with van der Waals surface area (Å²) in [6.45, 7) is 1.25. The summed E-state index contributed by atoms with van der Waals surface area (Å²) < 4.78 is 0. The van der Waals surface area contributed by atoms with E-state index in [2.05, 4.69) is 0 Å². The number of rotatable bonds is 2. The number of ketones is 1. The minimum Gasteiger partial charge on any atom is -0.506 e. The van der Waals surface area contributed by atoms with Crippen LogP contribution in [0.1, 0.15) is 17.3 Å². The van der Waals surface area contributed by atoms with Crippen LogP contribution in [0.15, 0.2) is 12.1 Å². The minimum atomic E-state index is -1.72. The number of phenols is 1. The molecular formula is C8H8BClO4. The maximum Gasteiger partial charge on any atom is 0.488 e. The van der Waals surface area contributed by atoms with E-state index in [1.807, 2.05) is 0 Å². The zero-order chi connectivity index (χ0) is 10.9. The maximum absolute atomic E-state index is 11.0. The van der Waals surface area contributed by atoms with E-state index >= 15 is 0 Å². The zero-order valence-corrected chi connectivity index (χ0v) is 8.12. The molecule has 0 fully saturated rings. The molecule has 14 heavy (non-hydrogen) atoms. The topological polar surface area (TPSA) is 77.8 Å². The van der Waals surface area contributed by atoms with Gasteiger partial charge in [-0.1, -0.05) is 11.6 Å². The molecule has 0 unspecified atom stereocenters. The van der Waals surface area contributed by atoms with E-state index in [4.69, 9.17) is 21.6 Å². The fourth-order valence-electron chi connectivity index (χ4n) is 1.04. The first-order valence-electron chi connectivity index (χ1n) is 3.83. The van der Waals surface area contributed by atoms with Crippen LogP contribution >= 0.6 is 11.6 Å². The van der Waals surface area contributed by atoms with Crippen LogP contribution in [0.4, 0.5) is 0 Å². The zero-order valence-electron chi connectivity index (χ0n) is 7.36. The first kappa shape index (κ1) is 11.0. The molecule has 1 aromatic carbocycles. The number of benzene rings is 1. The smallest absolute Gasteiger partial charge is 0.488 e. The molecule has 3 N–H and O–H groups in total. The fourth-order valence-corrected chi connectivity index (χ4v) is 1.27. The molecule has 4 nitrogen and oxygen atoms in total. The summed E-state index contributed by atoms with van der Waals surface area (Å²) in [4.78, 5) is 11.0. The van der Waals surface area contributed by atoms with E-state index in [1.54, 1.807) is 0 Å². The first-order valence-corrected chi connectivity index (χ1v) is 4.20. The van der Waals surface area contributed by atoms with Gasteiger partial charge in [-0.05, 0) is 24.5 Å². The average Bonchev–Trinajstić information content (AvgIpc) is 2.08. The Labute approximate surface area is 85.9 Å². The Bertz CT molecular complexity index is 378. The second kappa shape index (κ2) is 4.00. The summed E-state index contributed by atoms with van der Waals surface area (Å²) in [7, 11) is -1.72. The van der Waals surface area contributed by atoms with Crippen LogP contribution in [0.3, 0.4) is 0 Å². The van der Waals surface area contributed by atoms with Gasteiger partial charge in [-0.25, -0.2) is 0 Å². The number of Topliss-reactive ketones (excluding diaryl/α,β-unsaturated/α-hetero) is 1. The molecule has 0 aliphatic heterocycles. The standard InChI is InChI=1S/C8H8BClO4/c1-4(11)6-2-5(9(13)14)3-7(10)8(6)12/h2-3,12-14H,1H3. The van der Waals surface area contributed by atoms with Gasteiger partial charge >= 0.3 is 7.12 Å². The van der Waals surface area contributed by atoms with E-state index in [9.17, 15) is 9.90 Å². The third-order valence-corrected chi connectivity index (χ3v) is 2.05. The van der Waals surface area contributed by atoms with E-state index in [0.29, 0.717) is 0 Å². The molecule has 0 aliphatic carbocycles. The van der Waals surface area contributed by atoms with Gasteiger partial charge in [0.1, 0.15) is 5.75 Å². The Hall–Kier alpha value is -1.04. The summed E-state index contributed by atoms with van der Waals surface area (Å²) in [6.07, 6.45) is 0. The second-order valence-electron chi connectivity index (χ2n) is 2.83. The Balaban J connectivity index is 3.35. The maximum atomic E-state index is 11.0. The second-order valence-corrected chi connectivity index (χ2v) is 3.24. The Morgan fingerprint density at radius 2 is 2.00 bits per heavy atom. The lowest BCUT2D eigenvalue weighted by Gasteiger charge is -2.06. The van der Waals surface area contributed by atoms with Gasteiger partial charge in [-0.15, -0.1) is 0 Å². The van der Waals surface area contributed by atoms with Gasteiger partial charge in [0.25, 0.3) is 0 Å². The van der Waals surface area contributed by atoms with Crippen molar-refractivity contribution in [2.24, 2.45) is 0 Å². The van der Waals surface area contributed by atoms with Crippen molar-refractivity contribution in [3.63, 3.8) is 0 Å². The van der Waals surface area contributed by atoms with Gasteiger partial charge in [0.05, 0.1) is 10.6 Å². The first-order chi connectivity index (χ1) is 6.43. The van der Waals surface area contributed by atoms with Gasteiger partial charge in [0, 0.05) is 0 Å². The SMILES string of the molecule is CC(=O)c1cc(B(O)O)cc(Cl)c1O. The van der Waals surface area contributed by atoms with E-state index in [0.717, 1.165) is 0 Å². The number of carbonyl (C=O) groups is 1. The molecule has 0 spiro atoms. The summed E-state index contributed by atoms with van der Waals surface area (Å²) in [6, 6.07) is 2.38. The van der Waals surface area contributed by atoms with Crippen molar-refractivity contribution < 1.29 is 19.9 Å². The van der Waals surface area contributed by atoms with Gasteiger partial charge < -0.3 is 15.2 Å². The predicted molar refractivity (Wildman–Crippen MR) is 52.9 cm³/mol. The molecule has 0 atom stereocenters. The number of phenolic OH excluding ortho intramolecular Hbond substituents is 1. The number of hydrogen-bond donors (Lipinski definition) is 3. The fraction of sp³-hybridized carbons (Fsp3) is 0.125. The van der Waals surface area contributed by atoms with Crippen molar-refractivity contribution in [2.45, 2.75) is 6.92 Å². The van der Waals surface area contributed by atoms with Crippen molar-refractivity contribution in [1.29, 1.82) is 0 Å². The number of aromatic hydroxyl groups is 1. The summed E-state index contributed by atoms with van der Waals surface area (Å²) in [5, 5.41) is 27.0. The highest BCUT2D eigenvalue weighted by molar-refractivity contribution is 6.59. The van der Waals surface area contributed by atoms with Gasteiger partial charge in [0.15, 0.2) is 5.78 Å². The quantitative estimate of drug-likeness (QED) is 0.476.